The van der Waals surface area contributed by atoms with E-state index in [9.17, 15) is 17.6 Å². The number of sulfonamides is 1. The topological polar surface area (TPSA) is 101 Å². The van der Waals surface area contributed by atoms with E-state index in [0.29, 0.717) is 6.54 Å². The maximum atomic E-state index is 13.6. The molecule has 0 fully saturated rings. The summed E-state index contributed by atoms with van der Waals surface area (Å²) >= 11 is 0. The molecule has 0 saturated carbocycles. The Balaban J connectivity index is 3.00. The van der Waals surface area contributed by atoms with Crippen LogP contribution >= 0.6 is 0 Å². The highest BCUT2D eigenvalue weighted by Gasteiger charge is 2.24. The summed E-state index contributed by atoms with van der Waals surface area (Å²) in [6.45, 7) is 5.09. The fraction of sp³-hybridized carbons (Fsp3) is 0.462. The molecule has 1 aromatic rings. The highest BCUT2D eigenvalue weighted by atomic mass is 32.2. The Morgan fingerprint density at radius 2 is 2.05 bits per heavy atom. The zero-order valence-corrected chi connectivity index (χ0v) is 13.1. The summed E-state index contributed by atoms with van der Waals surface area (Å²) in [6, 6.07) is 1.24. The van der Waals surface area contributed by atoms with Crippen molar-refractivity contribution in [1.82, 2.24) is 10.0 Å². The van der Waals surface area contributed by atoms with Crippen LogP contribution in [0.25, 0.3) is 0 Å². The molecule has 6 nitrogen and oxygen atoms in total. The number of nitrogens with one attached hydrogen (secondary N) is 2. The molecule has 0 radical (unpaired) electrons. The lowest BCUT2D eigenvalue weighted by atomic mass is 10.2. The van der Waals surface area contributed by atoms with Gasteiger partial charge in [0.1, 0.15) is 5.82 Å². The molecule has 0 aliphatic rings. The van der Waals surface area contributed by atoms with Crippen molar-refractivity contribution in [2.24, 2.45) is 0 Å². The molecule has 0 aromatic heterocycles. The third-order valence-corrected chi connectivity index (χ3v) is 4.55. The zero-order valence-electron chi connectivity index (χ0n) is 12.2. The average Bonchev–Trinajstić information content (AvgIpc) is 2.39. The van der Waals surface area contributed by atoms with Crippen molar-refractivity contribution in [3.05, 3.63) is 23.5 Å². The normalized spacial score (nSPS) is 13.0. The quantitative estimate of drug-likeness (QED) is 0.679. The van der Waals surface area contributed by atoms with E-state index < -0.39 is 27.8 Å². The van der Waals surface area contributed by atoms with Crippen LogP contribution in [0.5, 0.6) is 0 Å². The number of anilines is 1. The zero-order chi connectivity index (χ0) is 16.2. The molecule has 4 N–H and O–H groups in total. The largest absolute Gasteiger partial charge is 0.399 e. The van der Waals surface area contributed by atoms with Crippen molar-refractivity contribution < 1.29 is 17.6 Å². The molecule has 0 bridgehead atoms. The van der Waals surface area contributed by atoms with Crippen LogP contribution in [0.3, 0.4) is 0 Å². The van der Waals surface area contributed by atoms with Gasteiger partial charge in [-0.1, -0.05) is 6.92 Å². The van der Waals surface area contributed by atoms with Gasteiger partial charge in [0.15, 0.2) is 0 Å². The van der Waals surface area contributed by atoms with E-state index in [1.807, 2.05) is 6.92 Å². The summed E-state index contributed by atoms with van der Waals surface area (Å²) in [7, 11) is -4.04. The lowest BCUT2D eigenvalue weighted by molar-refractivity contribution is -0.122. The van der Waals surface area contributed by atoms with Crippen LogP contribution in [0.2, 0.25) is 0 Å². The second kappa shape index (κ2) is 6.86. The van der Waals surface area contributed by atoms with Gasteiger partial charge in [-0.15, -0.1) is 0 Å². The first kappa shape index (κ1) is 17.4. The molecule has 0 heterocycles. The second-order valence-electron chi connectivity index (χ2n) is 4.76. The Labute approximate surface area is 124 Å². The number of hydrogen-bond donors (Lipinski definition) is 3. The SMILES string of the molecule is CCCNC(=O)C(C)NS(=O)(=O)c1cc(N)cc(F)c1C. The molecule has 1 atom stereocenters. The Morgan fingerprint density at radius 1 is 1.43 bits per heavy atom. The number of benzene rings is 1. The van der Waals surface area contributed by atoms with Gasteiger partial charge < -0.3 is 11.1 Å². The third-order valence-electron chi connectivity index (χ3n) is 2.88. The van der Waals surface area contributed by atoms with Gasteiger partial charge in [-0.3, -0.25) is 4.79 Å². The third kappa shape index (κ3) is 4.40. The van der Waals surface area contributed by atoms with Crippen LogP contribution in [-0.2, 0) is 14.8 Å². The smallest absolute Gasteiger partial charge is 0.241 e. The Hall–Kier alpha value is -1.67. The first-order valence-corrected chi connectivity index (χ1v) is 8.03. The molecule has 8 heteroatoms. The van der Waals surface area contributed by atoms with Gasteiger partial charge >= 0.3 is 0 Å². The van der Waals surface area contributed by atoms with Gasteiger partial charge in [0.2, 0.25) is 15.9 Å². The van der Waals surface area contributed by atoms with Crippen LogP contribution < -0.4 is 15.8 Å². The van der Waals surface area contributed by atoms with Gasteiger partial charge in [-0.25, -0.2) is 12.8 Å². The number of carbonyl (C=O) groups is 1. The molecule has 1 unspecified atom stereocenters. The van der Waals surface area contributed by atoms with E-state index in [4.69, 9.17) is 5.73 Å². The first-order valence-electron chi connectivity index (χ1n) is 6.54. The lowest BCUT2D eigenvalue weighted by Gasteiger charge is -2.16. The number of nitrogen functional groups attached to an aromatic ring is 1. The first-order chi connectivity index (χ1) is 9.69. The molecule has 118 valence electrons. The molecule has 0 aliphatic heterocycles. The number of rotatable bonds is 6. The van der Waals surface area contributed by atoms with E-state index in [-0.39, 0.29) is 16.1 Å². The fourth-order valence-corrected chi connectivity index (χ4v) is 3.19. The molecule has 1 amide bonds. The minimum atomic E-state index is -4.04. The van der Waals surface area contributed by atoms with Crippen molar-refractivity contribution in [1.29, 1.82) is 0 Å². The minimum Gasteiger partial charge on any atom is -0.399 e. The highest BCUT2D eigenvalue weighted by molar-refractivity contribution is 7.89. The minimum absolute atomic E-state index is 0.00145. The Morgan fingerprint density at radius 3 is 2.62 bits per heavy atom. The summed E-state index contributed by atoms with van der Waals surface area (Å²) < 4.78 is 40.3. The summed E-state index contributed by atoms with van der Waals surface area (Å²) in [5.41, 5.74) is 5.43. The van der Waals surface area contributed by atoms with E-state index >= 15 is 0 Å². The predicted molar refractivity (Wildman–Crippen MR) is 78.6 cm³/mol. The van der Waals surface area contributed by atoms with Crippen LogP contribution in [0.4, 0.5) is 10.1 Å². The lowest BCUT2D eigenvalue weighted by Crippen LogP contribution is -2.45. The van der Waals surface area contributed by atoms with E-state index in [2.05, 4.69) is 10.0 Å². The van der Waals surface area contributed by atoms with Crippen molar-refractivity contribution >= 4 is 21.6 Å². The van der Waals surface area contributed by atoms with Gasteiger partial charge in [0.25, 0.3) is 0 Å². The van der Waals surface area contributed by atoms with E-state index in [0.717, 1.165) is 18.6 Å². The maximum Gasteiger partial charge on any atom is 0.241 e. The van der Waals surface area contributed by atoms with Gasteiger partial charge in [-0.2, -0.15) is 4.72 Å². The number of nitrogens with two attached hydrogens (primary N) is 1. The predicted octanol–water partition coefficient (Wildman–Crippen LogP) is 0.909. The van der Waals surface area contributed by atoms with Crippen LogP contribution in [-0.4, -0.2) is 26.9 Å². The molecule has 0 aliphatic carbocycles. The van der Waals surface area contributed by atoms with Gasteiger partial charge in [0, 0.05) is 17.8 Å². The summed E-state index contributed by atoms with van der Waals surface area (Å²) in [5, 5.41) is 2.58. The summed E-state index contributed by atoms with van der Waals surface area (Å²) in [5.74, 6) is -1.15. The van der Waals surface area contributed by atoms with Crippen LogP contribution in [0.15, 0.2) is 17.0 Å². The van der Waals surface area contributed by atoms with E-state index in [1.165, 1.54) is 13.8 Å². The van der Waals surface area contributed by atoms with Crippen molar-refractivity contribution in [3.8, 4) is 0 Å². The molecule has 21 heavy (non-hydrogen) atoms. The number of carbonyl (C=O) groups excluding carboxylic acids is 1. The number of hydrogen-bond acceptors (Lipinski definition) is 4. The summed E-state index contributed by atoms with van der Waals surface area (Å²) in [6.07, 6.45) is 0.741. The monoisotopic (exact) mass is 317 g/mol. The van der Waals surface area contributed by atoms with Crippen molar-refractivity contribution in [2.75, 3.05) is 12.3 Å². The van der Waals surface area contributed by atoms with E-state index in [1.54, 1.807) is 0 Å². The van der Waals surface area contributed by atoms with Gasteiger partial charge in [-0.05, 0) is 32.4 Å². The summed E-state index contributed by atoms with van der Waals surface area (Å²) in [4.78, 5) is 11.4. The van der Waals surface area contributed by atoms with Crippen LogP contribution in [0.1, 0.15) is 25.8 Å². The highest BCUT2D eigenvalue weighted by Crippen LogP contribution is 2.21. The average molecular weight is 317 g/mol. The van der Waals surface area contributed by atoms with Crippen molar-refractivity contribution in [3.63, 3.8) is 0 Å². The molecule has 1 rings (SSSR count). The number of halogens is 1. The van der Waals surface area contributed by atoms with Crippen LogP contribution in [0, 0.1) is 12.7 Å². The van der Waals surface area contributed by atoms with Crippen molar-refractivity contribution in [2.45, 2.75) is 38.1 Å². The van der Waals surface area contributed by atoms with Gasteiger partial charge in [0.05, 0.1) is 10.9 Å². The molecule has 1 aromatic carbocycles. The molecule has 0 saturated heterocycles. The second-order valence-corrected chi connectivity index (χ2v) is 6.44. The molecular weight excluding hydrogens is 297 g/mol. The number of amides is 1. The Kier molecular flexibility index (Phi) is 5.68. The molecular formula is C13H20FN3O3S. The maximum absolute atomic E-state index is 13.6. The Bertz CT molecular complexity index is 632. The molecule has 0 spiro atoms. The fourth-order valence-electron chi connectivity index (χ4n) is 1.70. The standard InChI is InChI=1S/C13H20FN3O3S/c1-4-5-16-13(18)9(3)17-21(19,20)12-7-10(15)6-11(14)8(12)2/h6-7,9,17H,4-5,15H2,1-3H3,(H,16,18).